The van der Waals surface area contributed by atoms with Gasteiger partial charge in [0.05, 0.1) is 6.10 Å². The van der Waals surface area contributed by atoms with Crippen molar-refractivity contribution in [3.8, 4) is 0 Å². The van der Waals surface area contributed by atoms with Gasteiger partial charge in [-0.25, -0.2) is 0 Å². The van der Waals surface area contributed by atoms with Crippen molar-refractivity contribution in [3.63, 3.8) is 0 Å². The molecule has 0 fully saturated rings. The van der Waals surface area contributed by atoms with Crippen LogP contribution in [-0.4, -0.2) is 22.4 Å². The Labute approximate surface area is 98.8 Å². The molecule has 0 aliphatic carbocycles. The van der Waals surface area contributed by atoms with Gasteiger partial charge in [-0.2, -0.15) is 0 Å². The first-order valence-electron chi connectivity index (χ1n) is 5.08. The minimum Gasteiger partial charge on any atom is -0.392 e. The number of aliphatic hydroxyl groups is 1. The van der Waals surface area contributed by atoms with Crippen LogP contribution >= 0.6 is 11.8 Å². The van der Waals surface area contributed by atoms with Crippen molar-refractivity contribution in [2.45, 2.75) is 18.3 Å². The van der Waals surface area contributed by atoms with Crippen LogP contribution in [0, 0.1) is 0 Å². The Balaban J connectivity index is 2.27. The number of hydrogen-bond donors (Lipinski definition) is 1. The van der Waals surface area contributed by atoms with E-state index in [9.17, 15) is 9.90 Å². The first-order chi connectivity index (χ1) is 7.70. The first kappa shape index (κ1) is 11.2. The summed E-state index contributed by atoms with van der Waals surface area (Å²) < 4.78 is 0. The smallest absolute Gasteiger partial charge is 0.247 e. The van der Waals surface area contributed by atoms with Crippen molar-refractivity contribution in [3.05, 3.63) is 41.9 Å². The van der Waals surface area contributed by atoms with E-state index in [0.717, 1.165) is 5.69 Å². The molecule has 2 rings (SSSR count). The Bertz CT molecular complexity index is 403. The average Bonchev–Trinajstić information content (AvgIpc) is 2.30. The number of hydrogen-bond acceptors (Lipinski definition) is 3. The Morgan fingerprint density at radius 3 is 2.69 bits per heavy atom. The summed E-state index contributed by atoms with van der Waals surface area (Å²) in [7, 11) is 0. The molecule has 1 aliphatic heterocycles. The summed E-state index contributed by atoms with van der Waals surface area (Å²) in [6.45, 7) is 1.64. The second kappa shape index (κ2) is 4.72. The zero-order valence-corrected chi connectivity index (χ0v) is 9.72. The number of anilines is 1. The third-order valence-corrected chi connectivity index (χ3v) is 3.56. The molecule has 2 unspecified atom stereocenters. The normalized spacial score (nSPS) is 22.2. The highest BCUT2D eigenvalue weighted by molar-refractivity contribution is 8.03. The molecular formula is C12H13NO2S. The molecule has 0 radical (unpaired) electrons. The van der Waals surface area contributed by atoms with Gasteiger partial charge in [0.2, 0.25) is 5.91 Å². The minimum absolute atomic E-state index is 0.0753. The number of para-hydroxylation sites is 1. The van der Waals surface area contributed by atoms with E-state index < -0.39 is 11.4 Å². The van der Waals surface area contributed by atoms with Gasteiger partial charge in [-0.15, -0.1) is 11.8 Å². The van der Waals surface area contributed by atoms with E-state index in [1.807, 2.05) is 35.7 Å². The maximum Gasteiger partial charge on any atom is 0.247 e. The summed E-state index contributed by atoms with van der Waals surface area (Å²) in [6.07, 6.45) is 1.09. The molecule has 84 valence electrons. The van der Waals surface area contributed by atoms with Gasteiger partial charge in [0.25, 0.3) is 0 Å². The molecule has 0 saturated heterocycles. The van der Waals surface area contributed by atoms with Crippen LogP contribution in [0.4, 0.5) is 5.69 Å². The van der Waals surface area contributed by atoms with Crippen LogP contribution in [0.2, 0.25) is 0 Å². The number of carbonyl (C=O) groups is 1. The van der Waals surface area contributed by atoms with Crippen molar-refractivity contribution in [2.75, 3.05) is 4.90 Å². The van der Waals surface area contributed by atoms with E-state index in [0.29, 0.717) is 0 Å². The predicted molar refractivity (Wildman–Crippen MR) is 66.1 cm³/mol. The number of nitrogens with zero attached hydrogens (tertiary/aromatic N) is 1. The van der Waals surface area contributed by atoms with E-state index in [-0.39, 0.29) is 5.91 Å². The van der Waals surface area contributed by atoms with Crippen LogP contribution in [0.15, 0.2) is 41.9 Å². The van der Waals surface area contributed by atoms with E-state index in [1.165, 1.54) is 11.8 Å². The molecule has 0 bridgehead atoms. The standard InChI is InChI=1S/C12H13NO2S/c1-9(14)11-12(15)13(7-8-16-11)10-5-3-2-4-6-10/h2-9,11,14H,1H3. The van der Waals surface area contributed by atoms with Gasteiger partial charge in [-0.1, -0.05) is 18.2 Å². The van der Waals surface area contributed by atoms with Crippen LogP contribution in [0.3, 0.4) is 0 Å². The molecule has 1 aromatic carbocycles. The predicted octanol–water partition coefficient (Wildman–Crippen LogP) is 1.99. The number of amides is 1. The van der Waals surface area contributed by atoms with Crippen LogP contribution in [0.1, 0.15) is 6.92 Å². The van der Waals surface area contributed by atoms with Gasteiger partial charge in [0.1, 0.15) is 5.25 Å². The topological polar surface area (TPSA) is 40.5 Å². The lowest BCUT2D eigenvalue weighted by Crippen LogP contribution is -2.41. The van der Waals surface area contributed by atoms with E-state index in [4.69, 9.17) is 0 Å². The lowest BCUT2D eigenvalue weighted by atomic mass is 10.2. The van der Waals surface area contributed by atoms with Gasteiger partial charge in [0, 0.05) is 11.9 Å². The van der Waals surface area contributed by atoms with Crippen molar-refractivity contribution in [1.29, 1.82) is 0 Å². The SMILES string of the molecule is CC(O)C1SC=CN(c2ccccc2)C1=O. The number of benzene rings is 1. The quantitative estimate of drug-likeness (QED) is 0.852. The molecule has 4 heteroatoms. The number of thioether (sulfide) groups is 1. The monoisotopic (exact) mass is 235 g/mol. The van der Waals surface area contributed by atoms with Crippen LogP contribution in [0.5, 0.6) is 0 Å². The Kier molecular flexibility index (Phi) is 3.31. The van der Waals surface area contributed by atoms with Gasteiger partial charge in [0.15, 0.2) is 0 Å². The van der Waals surface area contributed by atoms with Gasteiger partial charge < -0.3 is 5.11 Å². The van der Waals surface area contributed by atoms with Crippen molar-refractivity contribution < 1.29 is 9.90 Å². The fourth-order valence-electron chi connectivity index (χ4n) is 1.57. The van der Waals surface area contributed by atoms with E-state index in [2.05, 4.69) is 0 Å². The molecule has 2 atom stereocenters. The molecule has 1 aliphatic rings. The summed E-state index contributed by atoms with van der Waals surface area (Å²) in [5, 5.41) is 10.9. The first-order valence-corrected chi connectivity index (χ1v) is 6.03. The molecule has 16 heavy (non-hydrogen) atoms. The molecule has 3 nitrogen and oxygen atoms in total. The summed E-state index contributed by atoms with van der Waals surface area (Å²) in [5.41, 5.74) is 0.828. The summed E-state index contributed by atoms with van der Waals surface area (Å²) in [5.74, 6) is -0.0753. The molecule has 0 spiro atoms. The highest BCUT2D eigenvalue weighted by Crippen LogP contribution is 2.27. The summed E-state index contributed by atoms with van der Waals surface area (Å²) in [6, 6.07) is 9.42. The minimum atomic E-state index is -0.645. The lowest BCUT2D eigenvalue weighted by Gasteiger charge is -2.28. The zero-order valence-electron chi connectivity index (χ0n) is 8.91. The average molecular weight is 235 g/mol. The highest BCUT2D eigenvalue weighted by Gasteiger charge is 2.30. The highest BCUT2D eigenvalue weighted by atomic mass is 32.2. The van der Waals surface area contributed by atoms with Crippen LogP contribution in [0.25, 0.3) is 0 Å². The fourth-order valence-corrected chi connectivity index (χ4v) is 2.39. The Morgan fingerprint density at radius 1 is 1.38 bits per heavy atom. The van der Waals surface area contributed by atoms with Crippen molar-refractivity contribution in [1.82, 2.24) is 0 Å². The molecule has 0 aromatic heterocycles. The summed E-state index contributed by atoms with van der Waals surface area (Å²) in [4.78, 5) is 13.6. The fraction of sp³-hybridized carbons (Fsp3) is 0.250. The third-order valence-electron chi connectivity index (χ3n) is 2.39. The zero-order chi connectivity index (χ0) is 11.5. The van der Waals surface area contributed by atoms with E-state index in [1.54, 1.807) is 18.0 Å². The second-order valence-corrected chi connectivity index (χ2v) is 4.68. The summed E-state index contributed by atoms with van der Waals surface area (Å²) >= 11 is 1.36. The number of rotatable bonds is 2. The Morgan fingerprint density at radius 2 is 2.06 bits per heavy atom. The number of carbonyl (C=O) groups excluding carboxylic acids is 1. The molecule has 1 heterocycles. The Hall–Kier alpha value is -1.26. The third kappa shape index (κ3) is 2.13. The number of aliphatic hydroxyl groups excluding tert-OH is 1. The van der Waals surface area contributed by atoms with E-state index >= 15 is 0 Å². The van der Waals surface area contributed by atoms with Gasteiger partial charge in [-0.3, -0.25) is 9.69 Å². The van der Waals surface area contributed by atoms with Crippen LogP contribution < -0.4 is 4.90 Å². The van der Waals surface area contributed by atoms with Crippen molar-refractivity contribution in [2.24, 2.45) is 0 Å². The van der Waals surface area contributed by atoms with Gasteiger partial charge in [-0.05, 0) is 24.5 Å². The molecule has 1 N–H and O–H groups in total. The maximum absolute atomic E-state index is 12.1. The molecular weight excluding hydrogens is 222 g/mol. The van der Waals surface area contributed by atoms with Gasteiger partial charge >= 0.3 is 0 Å². The van der Waals surface area contributed by atoms with Crippen molar-refractivity contribution >= 4 is 23.4 Å². The molecule has 1 aromatic rings. The lowest BCUT2D eigenvalue weighted by molar-refractivity contribution is -0.119. The maximum atomic E-state index is 12.1. The molecule has 1 amide bonds. The molecule has 0 saturated carbocycles. The largest absolute Gasteiger partial charge is 0.392 e. The second-order valence-electron chi connectivity index (χ2n) is 3.63. The van der Waals surface area contributed by atoms with Crippen LogP contribution in [-0.2, 0) is 4.79 Å².